The van der Waals surface area contributed by atoms with Gasteiger partial charge in [-0.05, 0) is 80.4 Å². The zero-order chi connectivity index (χ0) is 27.5. The molecule has 2 aromatic rings. The third-order valence-corrected chi connectivity index (χ3v) is 4.73. The van der Waals surface area contributed by atoms with Crippen molar-refractivity contribution in [3.63, 3.8) is 0 Å². The maximum absolute atomic E-state index is 5.73. The van der Waals surface area contributed by atoms with Gasteiger partial charge in [0.25, 0.3) is 0 Å². The highest BCUT2D eigenvalue weighted by molar-refractivity contribution is 5.22. The Labute approximate surface area is 219 Å². The van der Waals surface area contributed by atoms with Crippen molar-refractivity contribution < 1.29 is 29.3 Å². The lowest BCUT2D eigenvalue weighted by Gasteiger charge is -2.31. The zero-order valence-electron chi connectivity index (χ0n) is 24.2. The average Bonchev–Trinajstić information content (AvgIpc) is 2.80. The first-order valence-electron chi connectivity index (χ1n) is 12.7. The van der Waals surface area contributed by atoms with Gasteiger partial charge in [0, 0.05) is 6.42 Å². The number of rotatable bonds is 11. The molecule has 6 nitrogen and oxygen atoms in total. The normalized spacial score (nSPS) is 12.9. The average molecular weight is 505 g/mol. The highest BCUT2D eigenvalue weighted by atomic mass is 17.3. The van der Waals surface area contributed by atoms with Crippen molar-refractivity contribution in [1.82, 2.24) is 0 Å². The molecule has 0 heterocycles. The Morgan fingerprint density at radius 3 is 1.14 bits per heavy atom. The van der Waals surface area contributed by atoms with Gasteiger partial charge >= 0.3 is 0 Å². The van der Waals surface area contributed by atoms with E-state index in [1.807, 2.05) is 137 Å². The summed E-state index contributed by atoms with van der Waals surface area (Å²) < 4.78 is 0. The van der Waals surface area contributed by atoms with Crippen LogP contribution in [0.15, 0.2) is 60.7 Å². The first kappa shape index (κ1) is 32.2. The molecule has 0 radical (unpaired) electrons. The summed E-state index contributed by atoms with van der Waals surface area (Å²) in [5.41, 5.74) is 0.488. The van der Waals surface area contributed by atoms with Crippen molar-refractivity contribution in [3.05, 3.63) is 71.8 Å². The molecule has 0 aromatic heterocycles. The van der Waals surface area contributed by atoms with Crippen molar-refractivity contribution in [2.75, 3.05) is 0 Å². The molecule has 0 atom stereocenters. The second-order valence-corrected chi connectivity index (χ2v) is 11.7. The number of hydrogen-bond acceptors (Lipinski definition) is 6. The van der Waals surface area contributed by atoms with Crippen LogP contribution < -0.4 is 0 Å². The van der Waals surface area contributed by atoms with Crippen molar-refractivity contribution in [2.24, 2.45) is 0 Å². The molecular formula is C30H48O6. The van der Waals surface area contributed by atoms with Crippen LogP contribution >= 0.6 is 0 Å². The van der Waals surface area contributed by atoms with E-state index in [0.29, 0.717) is 0 Å². The van der Waals surface area contributed by atoms with E-state index in [9.17, 15) is 0 Å². The minimum atomic E-state index is -0.493. The van der Waals surface area contributed by atoms with Gasteiger partial charge in [0.2, 0.25) is 6.29 Å². The summed E-state index contributed by atoms with van der Waals surface area (Å²) in [5.74, 6) is 0. The van der Waals surface area contributed by atoms with Gasteiger partial charge in [-0.1, -0.05) is 74.0 Å². The van der Waals surface area contributed by atoms with E-state index in [0.717, 1.165) is 24.0 Å². The third-order valence-electron chi connectivity index (χ3n) is 4.73. The minimum Gasteiger partial charge on any atom is -0.228 e. The largest absolute Gasteiger partial charge is 0.228 e. The number of hydrogen-bond donors (Lipinski definition) is 0. The predicted octanol–water partition coefficient (Wildman–Crippen LogP) is 8.41. The van der Waals surface area contributed by atoms with Gasteiger partial charge in [-0.25, -0.2) is 29.3 Å². The fourth-order valence-electron chi connectivity index (χ4n) is 2.73. The van der Waals surface area contributed by atoms with E-state index in [-0.39, 0.29) is 11.2 Å². The first-order chi connectivity index (χ1) is 16.6. The Bertz CT molecular complexity index is 766. The van der Waals surface area contributed by atoms with Crippen LogP contribution in [0.25, 0.3) is 0 Å². The second kappa shape index (κ2) is 14.2. The van der Waals surface area contributed by atoms with Gasteiger partial charge in [0.15, 0.2) is 0 Å². The standard InChI is InChI=1S/C18H22O2.C12H26O4/c1-17(2,15-11-7-5-8-12-15)19-20-18(3,4)16-13-9-6-10-14-16;1-8-9-10(13-15-11(2,3)4)14-16-12(5,6)7/h5-14H,1-4H3;10H,8-9H2,1-7H3. The summed E-state index contributed by atoms with van der Waals surface area (Å²) in [4.78, 5) is 32.3. The highest BCUT2D eigenvalue weighted by Gasteiger charge is 2.29. The molecule has 0 unspecified atom stereocenters. The van der Waals surface area contributed by atoms with Crippen molar-refractivity contribution in [3.8, 4) is 0 Å². The van der Waals surface area contributed by atoms with Crippen molar-refractivity contribution >= 4 is 0 Å². The van der Waals surface area contributed by atoms with Crippen LogP contribution in [0, 0.1) is 0 Å². The Balaban J connectivity index is 0.000000371. The number of benzene rings is 2. The van der Waals surface area contributed by atoms with Crippen molar-refractivity contribution in [1.29, 1.82) is 0 Å². The van der Waals surface area contributed by atoms with Crippen LogP contribution in [0.1, 0.15) is 100 Å². The monoisotopic (exact) mass is 504 g/mol. The Kier molecular flexibility index (Phi) is 12.7. The zero-order valence-corrected chi connectivity index (χ0v) is 24.2. The quantitative estimate of drug-likeness (QED) is 0.174. The van der Waals surface area contributed by atoms with Crippen LogP contribution in [0.3, 0.4) is 0 Å². The van der Waals surface area contributed by atoms with Gasteiger partial charge in [-0.2, -0.15) is 0 Å². The third kappa shape index (κ3) is 13.5. The maximum Gasteiger partial charge on any atom is 0.224 e. The molecule has 0 bridgehead atoms. The lowest BCUT2D eigenvalue weighted by atomic mass is 9.98. The van der Waals surface area contributed by atoms with Crippen molar-refractivity contribution in [2.45, 2.75) is 118 Å². The Morgan fingerprint density at radius 1 is 0.528 bits per heavy atom. The van der Waals surface area contributed by atoms with E-state index in [1.165, 1.54) is 0 Å². The molecule has 0 saturated carbocycles. The Hall–Kier alpha value is -1.80. The predicted molar refractivity (Wildman–Crippen MR) is 144 cm³/mol. The van der Waals surface area contributed by atoms with Crippen LogP contribution in [0.5, 0.6) is 0 Å². The lowest BCUT2D eigenvalue weighted by Crippen LogP contribution is -2.29. The molecule has 0 amide bonds. The Morgan fingerprint density at radius 2 is 0.861 bits per heavy atom. The molecule has 0 N–H and O–H groups in total. The topological polar surface area (TPSA) is 55.4 Å². The van der Waals surface area contributed by atoms with Crippen LogP contribution in [-0.4, -0.2) is 17.5 Å². The summed E-state index contributed by atoms with van der Waals surface area (Å²) in [6.07, 6.45) is 1.18. The molecule has 0 fully saturated rings. The van der Waals surface area contributed by atoms with Gasteiger partial charge in [-0.3, -0.25) is 0 Å². The SMILES string of the molecule is CC(C)(OOC(C)(C)c1ccccc1)c1ccccc1.CCCC(OOC(C)(C)C)OOC(C)(C)C. The summed E-state index contributed by atoms with van der Waals surface area (Å²) in [6.45, 7) is 21.6. The van der Waals surface area contributed by atoms with Gasteiger partial charge in [0.05, 0.1) is 11.2 Å². The second-order valence-electron chi connectivity index (χ2n) is 11.7. The van der Waals surface area contributed by atoms with Crippen LogP contribution in [0.4, 0.5) is 0 Å². The lowest BCUT2D eigenvalue weighted by molar-refractivity contribution is -0.497. The molecule has 0 saturated heterocycles. The van der Waals surface area contributed by atoms with E-state index in [2.05, 4.69) is 0 Å². The van der Waals surface area contributed by atoms with E-state index in [4.69, 9.17) is 29.3 Å². The summed E-state index contributed by atoms with van der Waals surface area (Å²) >= 11 is 0. The highest BCUT2D eigenvalue weighted by Crippen LogP contribution is 2.31. The summed E-state index contributed by atoms with van der Waals surface area (Å²) in [5, 5.41) is 0. The maximum atomic E-state index is 5.73. The molecule has 0 spiro atoms. The molecule has 204 valence electrons. The molecule has 0 aliphatic rings. The fourth-order valence-corrected chi connectivity index (χ4v) is 2.73. The minimum absolute atomic E-state index is 0.350. The molecule has 0 aliphatic heterocycles. The van der Waals surface area contributed by atoms with Crippen LogP contribution in [-0.2, 0) is 40.5 Å². The first-order valence-corrected chi connectivity index (χ1v) is 12.7. The van der Waals surface area contributed by atoms with Crippen LogP contribution in [0.2, 0.25) is 0 Å². The molecule has 2 rings (SSSR count). The molecule has 2 aromatic carbocycles. The van der Waals surface area contributed by atoms with E-state index >= 15 is 0 Å². The summed E-state index contributed by atoms with van der Waals surface area (Å²) in [7, 11) is 0. The smallest absolute Gasteiger partial charge is 0.224 e. The van der Waals surface area contributed by atoms with Gasteiger partial charge < -0.3 is 0 Å². The molecular weight excluding hydrogens is 456 g/mol. The van der Waals surface area contributed by atoms with Gasteiger partial charge in [-0.15, -0.1) is 0 Å². The summed E-state index contributed by atoms with van der Waals surface area (Å²) in [6, 6.07) is 20.2. The van der Waals surface area contributed by atoms with E-state index < -0.39 is 17.5 Å². The molecule has 6 heteroatoms. The van der Waals surface area contributed by atoms with Gasteiger partial charge in [0.1, 0.15) is 11.2 Å². The molecule has 36 heavy (non-hydrogen) atoms. The van der Waals surface area contributed by atoms with E-state index in [1.54, 1.807) is 0 Å². The molecule has 0 aliphatic carbocycles. The fraction of sp³-hybridized carbons (Fsp3) is 0.600.